The molecule has 1 aliphatic rings. The predicted molar refractivity (Wildman–Crippen MR) is 90.3 cm³/mol. The van der Waals surface area contributed by atoms with E-state index in [4.69, 9.17) is 10.5 Å². The monoisotopic (exact) mass is 321 g/mol. The van der Waals surface area contributed by atoms with Gasteiger partial charge in [-0.25, -0.2) is 0 Å². The summed E-state index contributed by atoms with van der Waals surface area (Å²) in [6, 6.07) is 1.91. The fraction of sp³-hybridized carbons (Fsp3) is 0.688. The van der Waals surface area contributed by atoms with Crippen molar-refractivity contribution in [3.05, 3.63) is 6.07 Å². The molecule has 1 atom stereocenters. The molecule has 1 aromatic rings. The highest BCUT2D eigenvalue weighted by Gasteiger charge is 2.25. The molecule has 7 heteroatoms. The third kappa shape index (κ3) is 4.97. The molecule has 1 fully saturated rings. The van der Waals surface area contributed by atoms with E-state index in [1.165, 1.54) is 0 Å². The zero-order valence-corrected chi connectivity index (χ0v) is 14.4. The minimum atomic E-state index is 0.0194. The molecule has 1 unspecified atom stereocenters. The number of nitrogens with two attached hydrogens (primary N) is 1. The van der Waals surface area contributed by atoms with E-state index in [0.717, 1.165) is 19.4 Å². The number of rotatable bonds is 5. The van der Waals surface area contributed by atoms with Gasteiger partial charge in [0.2, 0.25) is 17.7 Å². The van der Waals surface area contributed by atoms with Gasteiger partial charge in [-0.15, -0.1) is 0 Å². The number of nitrogens with one attached hydrogen (secondary N) is 1. The molecule has 0 aromatic carbocycles. The molecule has 128 valence electrons. The van der Waals surface area contributed by atoms with Gasteiger partial charge in [-0.05, 0) is 26.7 Å². The van der Waals surface area contributed by atoms with E-state index in [0.29, 0.717) is 18.2 Å². The van der Waals surface area contributed by atoms with Crippen molar-refractivity contribution in [2.24, 2.45) is 5.92 Å². The van der Waals surface area contributed by atoms with Gasteiger partial charge in [0.25, 0.3) is 0 Å². The highest BCUT2D eigenvalue weighted by Crippen LogP contribution is 2.20. The fourth-order valence-corrected chi connectivity index (χ4v) is 2.69. The van der Waals surface area contributed by atoms with Crippen molar-refractivity contribution >= 4 is 17.7 Å². The molecule has 0 aliphatic carbocycles. The molecule has 1 aliphatic heterocycles. The Morgan fingerprint density at radius 2 is 2.13 bits per heavy atom. The molecule has 1 aromatic heterocycles. The summed E-state index contributed by atoms with van der Waals surface area (Å²) in [4.78, 5) is 22.4. The van der Waals surface area contributed by atoms with Gasteiger partial charge in [0.1, 0.15) is 5.82 Å². The van der Waals surface area contributed by atoms with Crippen LogP contribution in [0.25, 0.3) is 0 Å². The minimum absolute atomic E-state index is 0.0194. The standard InChI is InChI=1S/C16H27N5O2/c1-10(2)15(22)21-7-5-6-12(9-21)18-13-8-14(23-11(3)4)20-16(17)19-13/h8,10-12H,5-7,9H2,1-4H3,(H3,17,18,19,20). The van der Waals surface area contributed by atoms with Gasteiger partial charge >= 0.3 is 0 Å². The predicted octanol–water partition coefficient (Wildman–Crippen LogP) is 1.90. The van der Waals surface area contributed by atoms with Crippen LogP contribution >= 0.6 is 0 Å². The van der Waals surface area contributed by atoms with Gasteiger partial charge in [-0.1, -0.05) is 13.8 Å². The average Bonchev–Trinajstić information content (AvgIpc) is 2.45. The van der Waals surface area contributed by atoms with Crippen LogP contribution in [0, 0.1) is 5.92 Å². The highest BCUT2D eigenvalue weighted by atomic mass is 16.5. The summed E-state index contributed by atoms with van der Waals surface area (Å²) in [5, 5.41) is 3.35. The van der Waals surface area contributed by atoms with E-state index in [1.807, 2.05) is 32.6 Å². The Labute approximate surface area is 137 Å². The van der Waals surface area contributed by atoms with Crippen LogP contribution < -0.4 is 15.8 Å². The number of piperidine rings is 1. The number of nitrogen functional groups attached to an aromatic ring is 1. The largest absolute Gasteiger partial charge is 0.475 e. The zero-order chi connectivity index (χ0) is 17.0. The van der Waals surface area contributed by atoms with E-state index in [9.17, 15) is 4.79 Å². The summed E-state index contributed by atoms with van der Waals surface area (Å²) in [5.41, 5.74) is 5.75. The van der Waals surface area contributed by atoms with Crippen LogP contribution in [0.15, 0.2) is 6.07 Å². The maximum atomic E-state index is 12.2. The van der Waals surface area contributed by atoms with E-state index in [-0.39, 0.29) is 29.9 Å². The third-order valence-corrected chi connectivity index (χ3v) is 3.66. The maximum absolute atomic E-state index is 12.2. The Morgan fingerprint density at radius 1 is 1.39 bits per heavy atom. The lowest BCUT2D eigenvalue weighted by atomic mass is 10.0. The second kappa shape index (κ2) is 7.48. The fourth-order valence-electron chi connectivity index (χ4n) is 2.69. The molecule has 2 rings (SSSR count). The molecule has 3 N–H and O–H groups in total. The molecular weight excluding hydrogens is 294 g/mol. The number of anilines is 2. The first kappa shape index (κ1) is 17.3. The van der Waals surface area contributed by atoms with Gasteiger partial charge in [0, 0.05) is 31.1 Å². The highest BCUT2D eigenvalue weighted by molar-refractivity contribution is 5.78. The number of hydrogen-bond donors (Lipinski definition) is 2. The summed E-state index contributed by atoms with van der Waals surface area (Å²) in [7, 11) is 0. The Hall–Kier alpha value is -2.05. The van der Waals surface area contributed by atoms with Crippen molar-refractivity contribution in [1.29, 1.82) is 0 Å². The number of carbonyl (C=O) groups excluding carboxylic acids is 1. The summed E-state index contributed by atoms with van der Waals surface area (Å²) in [6.07, 6.45) is 1.99. The van der Waals surface area contributed by atoms with Crippen molar-refractivity contribution in [2.75, 3.05) is 24.1 Å². The molecule has 1 saturated heterocycles. The van der Waals surface area contributed by atoms with Gasteiger partial charge in [0.05, 0.1) is 6.10 Å². The van der Waals surface area contributed by atoms with E-state index in [2.05, 4.69) is 15.3 Å². The second-order valence-electron chi connectivity index (χ2n) is 6.54. The van der Waals surface area contributed by atoms with Crippen molar-refractivity contribution in [3.8, 4) is 5.88 Å². The normalized spacial score (nSPS) is 18.3. The van der Waals surface area contributed by atoms with E-state index < -0.39 is 0 Å². The topological polar surface area (TPSA) is 93.4 Å². The van der Waals surface area contributed by atoms with Gasteiger partial charge < -0.3 is 20.7 Å². The lowest BCUT2D eigenvalue weighted by molar-refractivity contribution is -0.135. The molecule has 23 heavy (non-hydrogen) atoms. The van der Waals surface area contributed by atoms with Crippen LogP contribution in [-0.2, 0) is 4.79 Å². The molecule has 0 spiro atoms. The molecule has 0 bridgehead atoms. The van der Waals surface area contributed by atoms with E-state index >= 15 is 0 Å². The summed E-state index contributed by atoms with van der Waals surface area (Å²) in [6.45, 7) is 9.23. The van der Waals surface area contributed by atoms with Crippen molar-refractivity contribution < 1.29 is 9.53 Å². The van der Waals surface area contributed by atoms with Crippen LogP contribution in [0.3, 0.4) is 0 Å². The van der Waals surface area contributed by atoms with E-state index in [1.54, 1.807) is 6.07 Å². The van der Waals surface area contributed by atoms with Gasteiger partial charge in [-0.3, -0.25) is 4.79 Å². The summed E-state index contributed by atoms with van der Waals surface area (Å²) >= 11 is 0. The smallest absolute Gasteiger partial charge is 0.225 e. The number of carbonyl (C=O) groups is 1. The maximum Gasteiger partial charge on any atom is 0.225 e. The van der Waals surface area contributed by atoms with Crippen molar-refractivity contribution in [1.82, 2.24) is 14.9 Å². The number of amides is 1. The molecule has 0 radical (unpaired) electrons. The van der Waals surface area contributed by atoms with Crippen LogP contribution in [-0.4, -0.2) is 46.0 Å². The van der Waals surface area contributed by atoms with Crippen molar-refractivity contribution in [2.45, 2.75) is 52.7 Å². The number of aromatic nitrogens is 2. The first-order chi connectivity index (χ1) is 10.8. The number of nitrogens with zero attached hydrogens (tertiary/aromatic N) is 3. The minimum Gasteiger partial charge on any atom is -0.475 e. The Bertz CT molecular complexity index is 547. The lowest BCUT2D eigenvalue weighted by Crippen LogP contribution is -2.46. The van der Waals surface area contributed by atoms with Crippen molar-refractivity contribution in [3.63, 3.8) is 0 Å². The lowest BCUT2D eigenvalue weighted by Gasteiger charge is -2.34. The summed E-state index contributed by atoms with van der Waals surface area (Å²) < 4.78 is 5.58. The Kier molecular flexibility index (Phi) is 5.63. The summed E-state index contributed by atoms with van der Waals surface area (Å²) in [5.74, 6) is 1.49. The second-order valence-corrected chi connectivity index (χ2v) is 6.54. The molecule has 1 amide bonds. The number of hydrogen-bond acceptors (Lipinski definition) is 6. The number of ether oxygens (including phenoxy) is 1. The zero-order valence-electron chi connectivity index (χ0n) is 14.4. The average molecular weight is 321 g/mol. The van der Waals surface area contributed by atoms with Gasteiger partial charge in [-0.2, -0.15) is 9.97 Å². The van der Waals surface area contributed by atoms with Crippen LogP contribution in [0.5, 0.6) is 5.88 Å². The third-order valence-electron chi connectivity index (χ3n) is 3.66. The van der Waals surface area contributed by atoms with Crippen LogP contribution in [0.4, 0.5) is 11.8 Å². The molecule has 2 heterocycles. The van der Waals surface area contributed by atoms with Crippen LogP contribution in [0.2, 0.25) is 0 Å². The van der Waals surface area contributed by atoms with Gasteiger partial charge in [0.15, 0.2) is 0 Å². The molecule has 7 nitrogen and oxygen atoms in total. The number of likely N-dealkylation sites (tertiary alicyclic amines) is 1. The Balaban J connectivity index is 2.03. The first-order valence-electron chi connectivity index (χ1n) is 8.21. The quantitative estimate of drug-likeness (QED) is 0.860. The first-order valence-corrected chi connectivity index (χ1v) is 8.21. The molecular formula is C16H27N5O2. The molecule has 0 saturated carbocycles. The SMILES string of the molecule is CC(C)Oc1cc(NC2CCCN(C(=O)C(C)C)C2)nc(N)n1. The Morgan fingerprint density at radius 3 is 2.78 bits per heavy atom. The van der Waals surface area contributed by atoms with Crippen LogP contribution in [0.1, 0.15) is 40.5 Å².